The van der Waals surface area contributed by atoms with Gasteiger partial charge in [0.15, 0.2) is 0 Å². The number of aromatic nitrogens is 2. The Bertz CT molecular complexity index is 469. The molecule has 1 atom stereocenters. The van der Waals surface area contributed by atoms with Crippen LogP contribution in [0.3, 0.4) is 0 Å². The van der Waals surface area contributed by atoms with Crippen molar-refractivity contribution < 1.29 is 5.11 Å². The van der Waals surface area contributed by atoms with Crippen molar-refractivity contribution in [2.24, 2.45) is 0 Å². The number of hydrogen-bond acceptors (Lipinski definition) is 4. The number of aliphatic hydroxyl groups is 1. The van der Waals surface area contributed by atoms with Crippen molar-refractivity contribution in [1.82, 2.24) is 9.97 Å². The summed E-state index contributed by atoms with van der Waals surface area (Å²) >= 11 is 7.23. The Balaban J connectivity index is 2.08. The first-order valence-corrected chi connectivity index (χ1v) is 6.11. The highest BCUT2D eigenvalue weighted by Gasteiger charge is 2.11. The summed E-state index contributed by atoms with van der Waals surface area (Å²) in [7, 11) is 0. The number of aryl methyl sites for hydroxylation is 1. The number of halogens is 1. The first kappa shape index (κ1) is 11.5. The van der Waals surface area contributed by atoms with Crippen LogP contribution in [0.1, 0.15) is 22.4 Å². The van der Waals surface area contributed by atoms with E-state index in [1.54, 1.807) is 29.7 Å². The molecule has 84 valence electrons. The van der Waals surface area contributed by atoms with Gasteiger partial charge in [-0.1, -0.05) is 17.7 Å². The second-order valence-corrected chi connectivity index (χ2v) is 4.85. The van der Waals surface area contributed by atoms with Gasteiger partial charge in [-0.15, -0.1) is 11.3 Å². The summed E-state index contributed by atoms with van der Waals surface area (Å²) in [6.07, 6.45) is 1.53. The molecule has 0 bridgehead atoms. The Morgan fingerprint density at radius 3 is 2.88 bits per heavy atom. The lowest BCUT2D eigenvalue weighted by Gasteiger charge is -2.08. The van der Waals surface area contributed by atoms with Gasteiger partial charge in [-0.3, -0.25) is 0 Å². The van der Waals surface area contributed by atoms with Crippen molar-refractivity contribution in [3.63, 3.8) is 0 Å². The molecule has 16 heavy (non-hydrogen) atoms. The molecule has 0 aromatic carbocycles. The van der Waals surface area contributed by atoms with Crippen LogP contribution in [0, 0.1) is 6.92 Å². The molecule has 1 unspecified atom stereocenters. The third-order valence-corrected chi connectivity index (χ3v) is 3.38. The van der Waals surface area contributed by atoms with Crippen LogP contribution in [0.5, 0.6) is 0 Å². The summed E-state index contributed by atoms with van der Waals surface area (Å²) in [4.78, 5) is 8.24. The fourth-order valence-corrected chi connectivity index (χ4v) is 2.29. The van der Waals surface area contributed by atoms with Crippen molar-refractivity contribution in [3.8, 4) is 0 Å². The summed E-state index contributed by atoms with van der Waals surface area (Å²) in [5.74, 6) is 0. The van der Waals surface area contributed by atoms with E-state index in [1.807, 2.05) is 12.3 Å². The van der Waals surface area contributed by atoms with Crippen molar-refractivity contribution in [1.29, 1.82) is 0 Å². The molecule has 0 saturated heterocycles. The molecule has 0 aliphatic carbocycles. The summed E-state index contributed by atoms with van der Waals surface area (Å²) in [5.41, 5.74) is 1.75. The Morgan fingerprint density at radius 2 is 2.31 bits per heavy atom. The zero-order chi connectivity index (χ0) is 11.5. The third-order valence-electron chi connectivity index (χ3n) is 2.17. The molecule has 0 aliphatic rings. The number of hydrogen-bond donors (Lipinski definition) is 1. The number of pyridine rings is 1. The van der Waals surface area contributed by atoms with E-state index in [-0.39, 0.29) is 0 Å². The third kappa shape index (κ3) is 2.78. The molecule has 2 aromatic rings. The Kier molecular flexibility index (Phi) is 3.53. The molecule has 5 heteroatoms. The highest BCUT2D eigenvalue weighted by molar-refractivity contribution is 7.09. The molecule has 2 aromatic heterocycles. The lowest BCUT2D eigenvalue weighted by molar-refractivity contribution is 0.178. The number of nitrogens with zero attached hydrogens (tertiary/aromatic N) is 2. The molecule has 0 radical (unpaired) electrons. The van der Waals surface area contributed by atoms with Crippen molar-refractivity contribution >= 4 is 22.9 Å². The summed E-state index contributed by atoms with van der Waals surface area (Å²) in [6, 6.07) is 3.45. The van der Waals surface area contributed by atoms with Gasteiger partial charge in [-0.2, -0.15) is 0 Å². The topological polar surface area (TPSA) is 46.0 Å². The van der Waals surface area contributed by atoms with Crippen LogP contribution >= 0.6 is 22.9 Å². The zero-order valence-corrected chi connectivity index (χ0v) is 10.3. The average Bonchev–Trinajstić information content (AvgIpc) is 2.65. The molecule has 0 saturated carbocycles. The maximum atomic E-state index is 9.96. The molecular weight excluding hydrogens is 244 g/mol. The van der Waals surface area contributed by atoms with Crippen molar-refractivity contribution in [2.75, 3.05) is 0 Å². The highest BCUT2D eigenvalue weighted by Crippen LogP contribution is 2.20. The first-order valence-electron chi connectivity index (χ1n) is 4.85. The smallest absolute Gasteiger partial charge is 0.129 e. The van der Waals surface area contributed by atoms with Gasteiger partial charge in [0.1, 0.15) is 5.15 Å². The van der Waals surface area contributed by atoms with Crippen molar-refractivity contribution in [2.45, 2.75) is 19.4 Å². The molecule has 2 rings (SSSR count). The molecule has 1 N–H and O–H groups in total. The van der Waals surface area contributed by atoms with Gasteiger partial charge < -0.3 is 5.11 Å². The molecule has 0 aliphatic heterocycles. The van der Waals surface area contributed by atoms with E-state index in [9.17, 15) is 5.11 Å². The van der Waals surface area contributed by atoms with E-state index < -0.39 is 6.10 Å². The fraction of sp³-hybridized carbons (Fsp3) is 0.273. The van der Waals surface area contributed by atoms with E-state index in [0.717, 1.165) is 16.3 Å². The predicted octanol–water partition coefficient (Wildman–Crippen LogP) is 2.78. The minimum absolute atomic E-state index is 0.432. The molecule has 0 spiro atoms. The Morgan fingerprint density at radius 1 is 1.50 bits per heavy atom. The van der Waals surface area contributed by atoms with Crippen LogP contribution in [0.4, 0.5) is 0 Å². The van der Waals surface area contributed by atoms with E-state index in [0.29, 0.717) is 11.6 Å². The normalized spacial score (nSPS) is 12.7. The van der Waals surface area contributed by atoms with Crippen LogP contribution in [0.2, 0.25) is 5.15 Å². The number of rotatable bonds is 3. The van der Waals surface area contributed by atoms with E-state index in [1.165, 1.54) is 0 Å². The molecular formula is C11H11ClN2OS. The molecule has 0 amide bonds. The molecule has 2 heterocycles. The van der Waals surface area contributed by atoms with Crippen LogP contribution in [0.15, 0.2) is 23.7 Å². The van der Waals surface area contributed by atoms with Gasteiger partial charge in [-0.05, 0) is 18.6 Å². The summed E-state index contributed by atoms with van der Waals surface area (Å²) < 4.78 is 0. The summed E-state index contributed by atoms with van der Waals surface area (Å²) in [6.45, 7) is 1.94. The highest BCUT2D eigenvalue weighted by atomic mass is 35.5. The van der Waals surface area contributed by atoms with Gasteiger partial charge in [0, 0.05) is 23.7 Å². The van der Waals surface area contributed by atoms with Crippen molar-refractivity contribution in [3.05, 3.63) is 45.1 Å². The standard InChI is InChI=1S/C11H11ClN2OS/c1-7-6-16-11(14-7)4-9(15)8-2-3-10(12)13-5-8/h2-3,5-6,9,15H,4H2,1H3. The summed E-state index contributed by atoms with van der Waals surface area (Å²) in [5, 5.41) is 13.3. The monoisotopic (exact) mass is 254 g/mol. The maximum absolute atomic E-state index is 9.96. The molecule has 3 nitrogen and oxygen atoms in total. The SMILES string of the molecule is Cc1csc(CC(O)c2ccc(Cl)nc2)n1. The number of thiazole rings is 1. The number of aliphatic hydroxyl groups excluding tert-OH is 1. The van der Waals surface area contributed by atoms with Crippen LogP contribution < -0.4 is 0 Å². The fourth-order valence-electron chi connectivity index (χ4n) is 1.36. The Hall–Kier alpha value is -0.970. The quantitative estimate of drug-likeness (QED) is 0.857. The first-order chi connectivity index (χ1) is 7.65. The van der Waals surface area contributed by atoms with Crippen LogP contribution in [0.25, 0.3) is 0 Å². The van der Waals surface area contributed by atoms with Gasteiger partial charge >= 0.3 is 0 Å². The Labute approximate surface area is 103 Å². The van der Waals surface area contributed by atoms with E-state index >= 15 is 0 Å². The van der Waals surface area contributed by atoms with E-state index in [4.69, 9.17) is 11.6 Å². The lowest BCUT2D eigenvalue weighted by Crippen LogP contribution is -2.02. The molecule has 0 fully saturated rings. The van der Waals surface area contributed by atoms with Gasteiger partial charge in [0.25, 0.3) is 0 Å². The second-order valence-electron chi connectivity index (χ2n) is 3.52. The van der Waals surface area contributed by atoms with Gasteiger partial charge in [0.2, 0.25) is 0 Å². The average molecular weight is 255 g/mol. The van der Waals surface area contributed by atoms with Crippen LogP contribution in [-0.4, -0.2) is 15.1 Å². The largest absolute Gasteiger partial charge is 0.388 e. The minimum Gasteiger partial charge on any atom is -0.388 e. The van der Waals surface area contributed by atoms with Gasteiger partial charge in [-0.25, -0.2) is 9.97 Å². The lowest BCUT2D eigenvalue weighted by atomic mass is 10.1. The van der Waals surface area contributed by atoms with Crippen LogP contribution in [-0.2, 0) is 6.42 Å². The maximum Gasteiger partial charge on any atom is 0.129 e. The zero-order valence-electron chi connectivity index (χ0n) is 8.72. The van der Waals surface area contributed by atoms with Gasteiger partial charge in [0.05, 0.1) is 11.1 Å². The minimum atomic E-state index is -0.574. The predicted molar refractivity (Wildman–Crippen MR) is 64.8 cm³/mol. The van der Waals surface area contributed by atoms with E-state index in [2.05, 4.69) is 9.97 Å². The second kappa shape index (κ2) is 4.91.